The lowest BCUT2D eigenvalue weighted by Crippen LogP contribution is -2.61. The predicted molar refractivity (Wildman–Crippen MR) is 494 cm³/mol. The van der Waals surface area contributed by atoms with Crippen molar-refractivity contribution >= 4 is 152 Å². The van der Waals surface area contributed by atoms with E-state index in [0.717, 1.165) is 25.1 Å². The third kappa shape index (κ3) is 41.3. The molecular weight excluding hydrogens is 1820 g/mol. The first-order valence-corrected chi connectivity index (χ1v) is 43.7. The van der Waals surface area contributed by atoms with Gasteiger partial charge in [0.1, 0.15) is 89.8 Å². The lowest BCUT2D eigenvalue weighted by Gasteiger charge is -2.29. The highest BCUT2D eigenvalue weighted by molar-refractivity contribution is 6.02. The van der Waals surface area contributed by atoms with E-state index >= 15 is 9.59 Å². The number of nitrogens with zero attached hydrogens (tertiary/aromatic N) is 2. The number of nitro groups is 2. The van der Waals surface area contributed by atoms with Crippen LogP contribution >= 0.6 is 0 Å². The second kappa shape index (κ2) is 57.6. The minimum absolute atomic E-state index is 0.0183. The molecule has 13 atom stereocenters. The van der Waals surface area contributed by atoms with Crippen LogP contribution in [0.15, 0.2) is 82.0 Å². The average Bonchev–Trinajstić information content (AvgIpc) is 0.809. The van der Waals surface area contributed by atoms with Gasteiger partial charge < -0.3 is 144 Å². The molecule has 13 unspecified atom stereocenters. The number of non-ortho nitro benzene ring substituents is 1. The molecular formula is C84H123N27O27. The van der Waals surface area contributed by atoms with Crippen molar-refractivity contribution in [1.82, 2.24) is 79.8 Å². The number of aryl methyl sites for hydroxylation is 1. The molecule has 54 nitrogen and oxygen atoms in total. The molecule has 4 aromatic rings. The highest BCUT2D eigenvalue weighted by Crippen LogP contribution is 2.30. The first kappa shape index (κ1) is 114. The quantitative estimate of drug-likeness (QED) is 0.00492. The number of aliphatic hydroxyl groups excluding tert-OH is 1. The number of fused-ring (bicyclic) bond motifs is 1. The number of nitrogens with one attached hydrogen (secondary N) is 20. The molecule has 0 aliphatic heterocycles. The van der Waals surface area contributed by atoms with E-state index in [4.69, 9.17) is 49.3 Å². The number of carboxylic acid groups (broad SMARTS) is 3. The second-order valence-corrected chi connectivity index (χ2v) is 32.9. The van der Waals surface area contributed by atoms with Crippen molar-refractivity contribution in [2.24, 2.45) is 40.5 Å². The molecule has 0 aliphatic rings. The van der Waals surface area contributed by atoms with Crippen molar-refractivity contribution in [2.45, 2.75) is 229 Å². The van der Waals surface area contributed by atoms with E-state index in [0.29, 0.717) is 16.5 Å². The number of nitrogens with two attached hydrogens (primary N) is 5. The summed E-state index contributed by atoms with van der Waals surface area (Å²) in [4.78, 5) is 269. The lowest BCUT2D eigenvalue weighted by molar-refractivity contribution is -0.393. The van der Waals surface area contributed by atoms with E-state index in [1.54, 1.807) is 45.0 Å². The summed E-state index contributed by atoms with van der Waals surface area (Å²) in [6.45, 7) is 7.60. The molecule has 0 fully saturated rings. The summed E-state index contributed by atoms with van der Waals surface area (Å²) in [6.07, 6.45) is -6.79. The van der Waals surface area contributed by atoms with Crippen LogP contribution in [0.2, 0.25) is 0 Å². The van der Waals surface area contributed by atoms with Gasteiger partial charge in [-0.05, 0) is 132 Å². The Hall–Kier alpha value is -16.0. The average molecular weight is 1940 g/mol. The van der Waals surface area contributed by atoms with Crippen LogP contribution in [0.25, 0.3) is 11.0 Å². The smallest absolute Gasteiger partial charge is 0.336 e. The number of anilines is 2. The molecule has 0 saturated carbocycles. The fourth-order valence-corrected chi connectivity index (χ4v) is 13.7. The zero-order valence-corrected chi connectivity index (χ0v) is 76.6. The number of rotatable bonds is 63. The Kier molecular flexibility index (Phi) is 47.7. The van der Waals surface area contributed by atoms with Crippen molar-refractivity contribution < 1.29 is 116 Å². The molecule has 54 heteroatoms. The van der Waals surface area contributed by atoms with Crippen LogP contribution in [0.5, 0.6) is 0 Å². The van der Waals surface area contributed by atoms with Gasteiger partial charge in [-0.3, -0.25) is 118 Å². The van der Waals surface area contributed by atoms with Gasteiger partial charge in [-0.25, -0.2) is 4.79 Å². The molecule has 1 heterocycles. The van der Waals surface area contributed by atoms with Crippen LogP contribution < -0.4 is 125 Å². The number of hydrogen-bond acceptors (Lipinski definition) is 29. The van der Waals surface area contributed by atoms with E-state index in [1.807, 2.05) is 0 Å². The van der Waals surface area contributed by atoms with E-state index in [-0.39, 0.29) is 107 Å². The Balaban J connectivity index is 1.65. The highest BCUT2D eigenvalue weighted by Gasteiger charge is 2.40. The second-order valence-electron chi connectivity index (χ2n) is 32.9. The summed E-state index contributed by atoms with van der Waals surface area (Å²) < 4.78 is 5.27. The maximum absolute atomic E-state index is 15.1. The van der Waals surface area contributed by atoms with E-state index in [1.165, 1.54) is 44.2 Å². The number of aliphatic hydroxyl groups is 1. The summed E-state index contributed by atoms with van der Waals surface area (Å²) in [5.41, 5.74) is 26.8. The molecule has 0 aliphatic carbocycles. The van der Waals surface area contributed by atoms with E-state index in [9.17, 15) is 117 Å². The number of benzene rings is 3. The largest absolute Gasteiger partial charge is 0.481 e. The van der Waals surface area contributed by atoms with E-state index < -0.39 is 287 Å². The normalized spacial score (nSPS) is 13.8. The minimum Gasteiger partial charge on any atom is -0.481 e. The van der Waals surface area contributed by atoms with Gasteiger partial charge in [-0.1, -0.05) is 58.0 Å². The number of carbonyl (C=O) groups excluding carboxylic acids is 14. The van der Waals surface area contributed by atoms with Crippen molar-refractivity contribution in [3.8, 4) is 0 Å². The SMILES string of the molecule is Cc1cc(=O)oc2cc(NC(CO)C(=O)NC(CCC(=O)O)C(=O)NC(C(=O)NC(CC(N)=O)C(=O)NC(CC(C)C)C(=O)NC(CC(=O)O)C(=O)NC(C)C(=O)NC(CCC(=O)O)C(=O)NC(Cc3ccccc3)C(=O)NC(CCCNC(=N)N)C(=O)NC(CCCCNc3ccc([N+](=O)[O-])cc3[N+](=O)[O-])C(=O)NC(CCCNC(=N)N)C(=O)NC(CCCNC(=N)N)C(N)=O)C(C)C)ccc12. The van der Waals surface area contributed by atoms with Gasteiger partial charge in [0.15, 0.2) is 17.9 Å². The van der Waals surface area contributed by atoms with Gasteiger partial charge in [0.05, 0.1) is 35.4 Å². The van der Waals surface area contributed by atoms with Gasteiger partial charge in [-0.2, -0.15) is 0 Å². The molecule has 756 valence electrons. The van der Waals surface area contributed by atoms with Gasteiger partial charge in [0, 0.05) is 74.7 Å². The molecule has 0 radical (unpaired) electrons. The van der Waals surface area contributed by atoms with Crippen LogP contribution in [-0.4, -0.2) is 260 Å². The first-order chi connectivity index (χ1) is 65.0. The summed E-state index contributed by atoms with van der Waals surface area (Å²) >= 11 is 0. The summed E-state index contributed by atoms with van der Waals surface area (Å²) in [7, 11) is 0. The van der Waals surface area contributed by atoms with Crippen LogP contribution in [0.1, 0.15) is 148 Å². The zero-order chi connectivity index (χ0) is 103. The van der Waals surface area contributed by atoms with Crippen LogP contribution in [0.4, 0.5) is 22.7 Å². The monoisotopic (exact) mass is 1940 g/mol. The minimum atomic E-state index is -2.13. The molecule has 34 N–H and O–H groups in total. The zero-order valence-electron chi connectivity index (χ0n) is 76.6. The Morgan fingerprint density at radius 3 is 1.33 bits per heavy atom. The Morgan fingerprint density at radius 1 is 0.435 bits per heavy atom. The number of hydrogen-bond donors (Lipinski definition) is 29. The lowest BCUT2D eigenvalue weighted by atomic mass is 10.00. The fraction of sp³-hybridized carbons (Fsp3) is 0.512. The summed E-state index contributed by atoms with van der Waals surface area (Å²) in [6, 6.07) is -6.31. The third-order valence-corrected chi connectivity index (χ3v) is 20.8. The van der Waals surface area contributed by atoms with Gasteiger partial charge in [0.25, 0.3) is 11.4 Å². The number of carbonyl (C=O) groups is 17. The Morgan fingerprint density at radius 2 is 0.862 bits per heavy atom. The molecule has 14 amide bonds. The first-order valence-electron chi connectivity index (χ1n) is 43.7. The predicted octanol–water partition coefficient (Wildman–Crippen LogP) is -4.89. The number of guanidine groups is 3. The third-order valence-electron chi connectivity index (χ3n) is 20.8. The molecule has 0 saturated heterocycles. The fourth-order valence-electron chi connectivity index (χ4n) is 13.7. The van der Waals surface area contributed by atoms with Crippen LogP contribution in [-0.2, 0) is 87.9 Å². The molecule has 0 spiro atoms. The van der Waals surface area contributed by atoms with Gasteiger partial charge >= 0.3 is 23.5 Å². The number of primary amides is 2. The number of nitro benzene ring substituents is 2. The molecule has 0 bridgehead atoms. The highest BCUT2D eigenvalue weighted by atomic mass is 16.6. The van der Waals surface area contributed by atoms with Crippen LogP contribution in [0.3, 0.4) is 0 Å². The molecule has 1 aromatic heterocycles. The van der Waals surface area contributed by atoms with Crippen molar-refractivity contribution in [2.75, 3.05) is 43.4 Å². The van der Waals surface area contributed by atoms with Gasteiger partial charge in [-0.15, -0.1) is 0 Å². The number of amides is 14. The Labute approximate surface area is 789 Å². The van der Waals surface area contributed by atoms with Crippen molar-refractivity contribution in [3.05, 3.63) is 115 Å². The molecule has 138 heavy (non-hydrogen) atoms. The number of aliphatic carboxylic acids is 3. The maximum atomic E-state index is 15.1. The number of unbranched alkanes of at least 4 members (excludes halogenated alkanes) is 1. The standard InChI is InChI=1S/C84H123N27O27/c1-41(2)33-56(105-79(131)58(38-63(85)113)108-81(133)68(42(3)4)109-75(127)55(26-28-65(116)117)104-80(132)60(40-112)98-46-21-23-48-43(5)34-67(120)138-62(48)36-46)77(129)107-59(39-66(118)119)76(128)97-44(6)70(122)100-54(25-27-64(114)115)74(126)106-57(35-45-15-8-7-9-16-45)78(130)103-53(20-14-32-96-84(91)92)73(125)101-51(17-10-11-29-93-49-24-22-47(110(134)135)37-61(49)111(136)137)72(124)102-52(19-13-31-95-83(89)90)71(123)99-50(69(86)121)18-12-30-94-82(87)88/h7-9,15-16,21-24,34,36-37,41-42,44,50-60,68,93,98,112H,10-14,17-20,25-33,35,38-40H2,1-6H3,(H2,85,113)(H2,86,121)(H,97,128)(H,99,123)(H,100,122)(H,101,125)(H,102,124)(H,103,130)(H,104,132)(H,105,131)(H,106,126)(H,107,129)(H,108,133)(H,109,127)(H,114,115)(H,116,117)(H,118,119)(H4,87,88,94)(H4,89,90,95)(H4,91,92,96). The topological polar surface area (TPSA) is 894 Å². The summed E-state index contributed by atoms with van der Waals surface area (Å²) in [5.74, 6) is -23.8. The Bertz CT molecular complexity index is 5100. The van der Waals surface area contributed by atoms with E-state index in [2.05, 4.69) is 90.4 Å². The summed E-state index contributed by atoms with van der Waals surface area (Å²) in [5, 5.41) is 129. The van der Waals surface area contributed by atoms with Gasteiger partial charge in [0.2, 0.25) is 82.7 Å². The van der Waals surface area contributed by atoms with Crippen LogP contribution in [0, 0.1) is 55.2 Å². The maximum Gasteiger partial charge on any atom is 0.336 e. The molecule has 4 rings (SSSR count). The molecule has 3 aromatic carbocycles. The van der Waals surface area contributed by atoms with Crippen molar-refractivity contribution in [3.63, 3.8) is 0 Å². The number of carboxylic acids is 3. The van der Waals surface area contributed by atoms with Crippen molar-refractivity contribution in [1.29, 1.82) is 16.2 Å².